The standard InChI is InChI=1S/C18H24N4O3S/c1-3-22(4-2)17-13-15(10-12-20-17)18(23)21-11-9-14-5-7-16(8-6-14)26(19,24)25/h5-8,10,12-13H,3-4,9,11H2,1-2H3,(H,21,23)(H2,19,24,25). The molecule has 1 aromatic heterocycles. The Morgan fingerprint density at radius 1 is 1.15 bits per heavy atom. The summed E-state index contributed by atoms with van der Waals surface area (Å²) in [4.78, 5) is 18.8. The zero-order valence-electron chi connectivity index (χ0n) is 15.0. The van der Waals surface area contributed by atoms with Crippen LogP contribution in [0.3, 0.4) is 0 Å². The summed E-state index contributed by atoms with van der Waals surface area (Å²) < 4.78 is 22.5. The van der Waals surface area contributed by atoms with Crippen LogP contribution in [0.1, 0.15) is 29.8 Å². The predicted octanol–water partition coefficient (Wildman–Crippen LogP) is 1.55. The number of nitrogens with two attached hydrogens (primary N) is 1. The summed E-state index contributed by atoms with van der Waals surface area (Å²) in [6.45, 7) is 6.17. The number of hydrogen-bond acceptors (Lipinski definition) is 5. The van der Waals surface area contributed by atoms with Gasteiger partial charge in [0, 0.05) is 31.4 Å². The van der Waals surface area contributed by atoms with Gasteiger partial charge in [-0.1, -0.05) is 12.1 Å². The first-order valence-electron chi connectivity index (χ1n) is 8.46. The van der Waals surface area contributed by atoms with Crippen LogP contribution >= 0.6 is 0 Å². The Bertz CT molecular complexity index is 847. The molecule has 0 radical (unpaired) electrons. The number of aromatic nitrogens is 1. The summed E-state index contributed by atoms with van der Waals surface area (Å²) in [6, 6.07) is 9.78. The number of benzene rings is 1. The van der Waals surface area contributed by atoms with E-state index in [2.05, 4.69) is 15.2 Å². The summed E-state index contributed by atoms with van der Waals surface area (Å²) in [6.07, 6.45) is 2.22. The number of pyridine rings is 1. The molecule has 2 rings (SSSR count). The topological polar surface area (TPSA) is 105 Å². The molecule has 0 bridgehead atoms. The lowest BCUT2D eigenvalue weighted by atomic mass is 10.1. The van der Waals surface area contributed by atoms with E-state index in [1.165, 1.54) is 12.1 Å². The second-order valence-corrected chi connectivity index (χ2v) is 7.33. The number of nitrogens with zero attached hydrogens (tertiary/aromatic N) is 2. The molecule has 0 atom stereocenters. The van der Waals surface area contributed by atoms with Crippen molar-refractivity contribution in [3.63, 3.8) is 0 Å². The summed E-state index contributed by atoms with van der Waals surface area (Å²) in [7, 11) is -3.68. The number of sulfonamides is 1. The third-order valence-electron chi connectivity index (χ3n) is 4.05. The number of carbonyl (C=O) groups is 1. The molecular weight excluding hydrogens is 352 g/mol. The molecule has 1 aromatic carbocycles. The molecule has 1 heterocycles. The quantitative estimate of drug-likeness (QED) is 0.727. The SMILES string of the molecule is CCN(CC)c1cc(C(=O)NCCc2ccc(S(N)(=O)=O)cc2)ccn1. The molecule has 26 heavy (non-hydrogen) atoms. The second kappa shape index (κ2) is 8.77. The minimum atomic E-state index is -3.68. The third-order valence-corrected chi connectivity index (χ3v) is 4.98. The van der Waals surface area contributed by atoms with Crippen LogP contribution in [0.15, 0.2) is 47.5 Å². The number of amides is 1. The van der Waals surface area contributed by atoms with Crippen molar-refractivity contribution in [2.45, 2.75) is 25.2 Å². The summed E-state index contributed by atoms with van der Waals surface area (Å²) in [5, 5.41) is 7.94. The van der Waals surface area contributed by atoms with E-state index in [0.717, 1.165) is 24.5 Å². The van der Waals surface area contributed by atoms with Crippen LogP contribution in [0.5, 0.6) is 0 Å². The molecule has 8 heteroatoms. The highest BCUT2D eigenvalue weighted by atomic mass is 32.2. The molecule has 0 saturated heterocycles. The average Bonchev–Trinajstić information content (AvgIpc) is 2.62. The lowest BCUT2D eigenvalue weighted by Gasteiger charge is -2.20. The van der Waals surface area contributed by atoms with Gasteiger partial charge in [0.1, 0.15) is 5.82 Å². The number of anilines is 1. The minimum absolute atomic E-state index is 0.0750. The van der Waals surface area contributed by atoms with E-state index >= 15 is 0 Å². The highest BCUT2D eigenvalue weighted by molar-refractivity contribution is 7.89. The highest BCUT2D eigenvalue weighted by Crippen LogP contribution is 2.12. The molecule has 3 N–H and O–H groups in total. The Hall–Kier alpha value is -2.45. The van der Waals surface area contributed by atoms with Gasteiger partial charge in [-0.05, 0) is 50.1 Å². The van der Waals surface area contributed by atoms with E-state index in [9.17, 15) is 13.2 Å². The summed E-state index contributed by atoms with van der Waals surface area (Å²) in [5.74, 6) is 0.614. The fraction of sp³-hybridized carbons (Fsp3) is 0.333. The molecule has 0 saturated carbocycles. The van der Waals surface area contributed by atoms with Gasteiger partial charge in [-0.15, -0.1) is 0 Å². The van der Waals surface area contributed by atoms with E-state index in [-0.39, 0.29) is 10.8 Å². The van der Waals surface area contributed by atoms with Crippen LogP contribution in [-0.4, -0.2) is 38.9 Å². The van der Waals surface area contributed by atoms with Crippen LogP contribution in [-0.2, 0) is 16.4 Å². The Morgan fingerprint density at radius 2 is 1.81 bits per heavy atom. The number of rotatable bonds is 8. The van der Waals surface area contributed by atoms with E-state index in [4.69, 9.17) is 5.14 Å². The lowest BCUT2D eigenvalue weighted by molar-refractivity contribution is 0.0954. The van der Waals surface area contributed by atoms with Gasteiger partial charge in [0.25, 0.3) is 5.91 Å². The van der Waals surface area contributed by atoms with Gasteiger partial charge in [0.2, 0.25) is 10.0 Å². The van der Waals surface area contributed by atoms with Crippen molar-refractivity contribution in [1.82, 2.24) is 10.3 Å². The predicted molar refractivity (Wildman–Crippen MR) is 102 cm³/mol. The van der Waals surface area contributed by atoms with Crippen LogP contribution < -0.4 is 15.4 Å². The first-order chi connectivity index (χ1) is 12.3. The zero-order chi connectivity index (χ0) is 19.2. The molecule has 0 unspecified atom stereocenters. The Balaban J connectivity index is 1.94. The van der Waals surface area contributed by atoms with Crippen molar-refractivity contribution in [2.75, 3.05) is 24.5 Å². The van der Waals surface area contributed by atoms with Crippen molar-refractivity contribution in [3.05, 3.63) is 53.7 Å². The van der Waals surface area contributed by atoms with E-state index in [1.807, 2.05) is 13.8 Å². The van der Waals surface area contributed by atoms with Crippen LogP contribution in [0.4, 0.5) is 5.82 Å². The van der Waals surface area contributed by atoms with Crippen molar-refractivity contribution in [3.8, 4) is 0 Å². The maximum atomic E-state index is 12.3. The molecule has 1 amide bonds. The van der Waals surface area contributed by atoms with Crippen LogP contribution in [0, 0.1) is 0 Å². The molecule has 7 nitrogen and oxygen atoms in total. The lowest BCUT2D eigenvalue weighted by Crippen LogP contribution is -2.27. The fourth-order valence-electron chi connectivity index (χ4n) is 2.55. The number of hydrogen-bond donors (Lipinski definition) is 2. The second-order valence-electron chi connectivity index (χ2n) is 5.77. The molecule has 2 aromatic rings. The Morgan fingerprint density at radius 3 is 2.38 bits per heavy atom. The van der Waals surface area contributed by atoms with Crippen molar-refractivity contribution in [2.24, 2.45) is 5.14 Å². The Labute approximate surface area is 154 Å². The van der Waals surface area contributed by atoms with Gasteiger partial charge >= 0.3 is 0 Å². The average molecular weight is 376 g/mol. The van der Waals surface area contributed by atoms with E-state index < -0.39 is 10.0 Å². The van der Waals surface area contributed by atoms with Crippen molar-refractivity contribution in [1.29, 1.82) is 0 Å². The summed E-state index contributed by atoms with van der Waals surface area (Å²) >= 11 is 0. The first kappa shape index (κ1) is 19.9. The normalized spacial score (nSPS) is 11.2. The van der Waals surface area contributed by atoms with Gasteiger partial charge in [-0.2, -0.15) is 0 Å². The smallest absolute Gasteiger partial charge is 0.251 e. The monoisotopic (exact) mass is 376 g/mol. The Kier molecular flexibility index (Phi) is 6.70. The molecule has 140 valence electrons. The number of carbonyl (C=O) groups excluding carboxylic acids is 1. The van der Waals surface area contributed by atoms with Crippen molar-refractivity contribution >= 4 is 21.7 Å². The van der Waals surface area contributed by atoms with Crippen LogP contribution in [0.2, 0.25) is 0 Å². The maximum Gasteiger partial charge on any atom is 0.251 e. The maximum absolute atomic E-state index is 12.3. The number of primary sulfonamides is 1. The third kappa shape index (κ3) is 5.27. The van der Waals surface area contributed by atoms with Gasteiger partial charge in [-0.3, -0.25) is 4.79 Å². The largest absolute Gasteiger partial charge is 0.357 e. The number of nitrogens with one attached hydrogen (secondary N) is 1. The van der Waals surface area contributed by atoms with Crippen LogP contribution in [0.25, 0.3) is 0 Å². The van der Waals surface area contributed by atoms with Gasteiger partial charge in [0.05, 0.1) is 4.90 Å². The van der Waals surface area contributed by atoms with Gasteiger partial charge < -0.3 is 10.2 Å². The van der Waals surface area contributed by atoms with Gasteiger partial charge in [-0.25, -0.2) is 18.5 Å². The highest BCUT2D eigenvalue weighted by Gasteiger charge is 2.10. The molecule has 0 aliphatic heterocycles. The zero-order valence-corrected chi connectivity index (χ0v) is 15.8. The molecule has 0 fully saturated rings. The minimum Gasteiger partial charge on any atom is -0.357 e. The molecule has 0 aliphatic carbocycles. The molecular formula is C18H24N4O3S. The van der Waals surface area contributed by atoms with E-state index in [0.29, 0.717) is 18.5 Å². The van der Waals surface area contributed by atoms with E-state index in [1.54, 1.807) is 30.5 Å². The summed E-state index contributed by atoms with van der Waals surface area (Å²) in [5.41, 5.74) is 1.47. The first-order valence-corrected chi connectivity index (χ1v) is 10.0. The fourth-order valence-corrected chi connectivity index (χ4v) is 3.06. The van der Waals surface area contributed by atoms with Crippen molar-refractivity contribution < 1.29 is 13.2 Å². The van der Waals surface area contributed by atoms with Gasteiger partial charge in [0.15, 0.2) is 0 Å². The molecule has 0 spiro atoms. The molecule has 0 aliphatic rings.